The summed E-state index contributed by atoms with van der Waals surface area (Å²) in [6, 6.07) is 1.61. The lowest BCUT2D eigenvalue weighted by atomic mass is 10.1. The fraction of sp³-hybridized carbons (Fsp3) is 0.458. The van der Waals surface area contributed by atoms with E-state index in [1.807, 2.05) is 20.8 Å². The Labute approximate surface area is 196 Å². The highest BCUT2D eigenvalue weighted by Gasteiger charge is 2.23. The topological polar surface area (TPSA) is 115 Å². The van der Waals surface area contributed by atoms with Crippen LogP contribution in [0.3, 0.4) is 0 Å². The fourth-order valence-corrected chi connectivity index (χ4v) is 2.57. The minimum atomic E-state index is -0.529. The van der Waals surface area contributed by atoms with Crippen molar-refractivity contribution in [3.63, 3.8) is 0 Å². The fourth-order valence-electron chi connectivity index (χ4n) is 2.57. The zero-order chi connectivity index (χ0) is 25.6. The predicted octanol–water partition coefficient (Wildman–Crippen LogP) is 3.46. The van der Waals surface area contributed by atoms with E-state index in [0.29, 0.717) is 35.0 Å². The van der Waals surface area contributed by atoms with Crippen molar-refractivity contribution in [2.45, 2.75) is 46.8 Å². The molecule has 0 radical (unpaired) electrons. The third-order valence-electron chi connectivity index (χ3n) is 4.43. The van der Waals surface area contributed by atoms with Crippen LogP contribution in [0.2, 0.25) is 0 Å². The SMILES string of the molecule is C=CC(C)OC.CC.COC1=CC(C(=O)c2cc(C)n(CC(N)=O)n2)=CCC(OC)=C1OC. The molecule has 1 amide bonds. The molecule has 0 spiro atoms. The van der Waals surface area contributed by atoms with Crippen LogP contribution in [0.1, 0.15) is 43.4 Å². The van der Waals surface area contributed by atoms with Gasteiger partial charge in [-0.15, -0.1) is 6.58 Å². The molecule has 1 aliphatic rings. The van der Waals surface area contributed by atoms with Gasteiger partial charge in [0.15, 0.2) is 11.5 Å². The van der Waals surface area contributed by atoms with Crippen LogP contribution in [0.5, 0.6) is 0 Å². The van der Waals surface area contributed by atoms with Gasteiger partial charge in [0.1, 0.15) is 18.0 Å². The summed E-state index contributed by atoms with van der Waals surface area (Å²) in [4.78, 5) is 23.9. The molecule has 0 fully saturated rings. The number of carbonyl (C=O) groups is 2. The van der Waals surface area contributed by atoms with E-state index in [1.165, 1.54) is 26.0 Å². The summed E-state index contributed by atoms with van der Waals surface area (Å²) in [5.41, 5.74) is 6.46. The molecule has 0 aliphatic heterocycles. The maximum absolute atomic E-state index is 12.8. The van der Waals surface area contributed by atoms with Crippen LogP contribution >= 0.6 is 0 Å². The maximum atomic E-state index is 12.8. The number of nitrogens with two attached hydrogens (primary N) is 1. The van der Waals surface area contributed by atoms with Crippen molar-refractivity contribution in [2.75, 3.05) is 28.4 Å². The molecule has 1 atom stereocenters. The Morgan fingerprint density at radius 1 is 1.21 bits per heavy atom. The van der Waals surface area contributed by atoms with Crippen LogP contribution in [0.25, 0.3) is 0 Å². The summed E-state index contributed by atoms with van der Waals surface area (Å²) in [5, 5.41) is 4.16. The van der Waals surface area contributed by atoms with Gasteiger partial charge in [-0.1, -0.05) is 26.0 Å². The summed E-state index contributed by atoms with van der Waals surface area (Å²) in [6.07, 6.45) is 5.61. The first-order valence-electron chi connectivity index (χ1n) is 10.5. The second-order valence-corrected chi connectivity index (χ2v) is 6.54. The minimum Gasteiger partial charge on any atom is -0.497 e. The largest absolute Gasteiger partial charge is 0.497 e. The lowest BCUT2D eigenvalue weighted by molar-refractivity contribution is -0.118. The van der Waals surface area contributed by atoms with Crippen LogP contribution in [0.4, 0.5) is 0 Å². The first-order valence-corrected chi connectivity index (χ1v) is 10.5. The Morgan fingerprint density at radius 3 is 2.27 bits per heavy atom. The van der Waals surface area contributed by atoms with E-state index in [9.17, 15) is 9.59 Å². The standard InChI is InChI=1S/C17H21N3O5.C5H10O.C2H6/c1-10-7-12(19-20(10)9-15(18)21)16(22)11-5-6-13(23-2)17(25-4)14(8-11)24-3;1-4-5(2)6-3;1-2/h5,7-8H,6,9H2,1-4H3,(H2,18,21);4-5H,1H2,2-3H3;1-2H3. The van der Waals surface area contributed by atoms with Gasteiger partial charge in [0.25, 0.3) is 0 Å². The van der Waals surface area contributed by atoms with Gasteiger partial charge in [-0.05, 0) is 26.0 Å². The Kier molecular flexibility index (Phi) is 13.9. The molecule has 0 bridgehead atoms. The molecule has 9 heteroatoms. The molecule has 184 valence electrons. The molecule has 33 heavy (non-hydrogen) atoms. The number of aryl methyl sites for hydroxylation is 1. The number of hydrogen-bond donors (Lipinski definition) is 1. The van der Waals surface area contributed by atoms with E-state index in [0.717, 1.165) is 0 Å². The Morgan fingerprint density at radius 2 is 1.85 bits per heavy atom. The highest BCUT2D eigenvalue weighted by Crippen LogP contribution is 2.27. The van der Waals surface area contributed by atoms with Gasteiger partial charge >= 0.3 is 0 Å². The zero-order valence-electron chi connectivity index (χ0n) is 20.9. The van der Waals surface area contributed by atoms with Crippen LogP contribution < -0.4 is 5.73 Å². The van der Waals surface area contributed by atoms with Crippen molar-refractivity contribution in [3.05, 3.63) is 65.1 Å². The smallest absolute Gasteiger partial charge is 0.239 e. The molecule has 2 rings (SSSR count). The summed E-state index contributed by atoms with van der Waals surface area (Å²) in [5.74, 6) is 0.533. The van der Waals surface area contributed by atoms with E-state index in [4.69, 9.17) is 24.7 Å². The summed E-state index contributed by atoms with van der Waals surface area (Å²) in [7, 11) is 6.17. The van der Waals surface area contributed by atoms with Crippen LogP contribution in [-0.4, -0.2) is 56.0 Å². The Balaban J connectivity index is 0.00000111. The first-order chi connectivity index (χ1) is 15.7. The molecular formula is C24H37N3O6. The van der Waals surface area contributed by atoms with Crippen molar-refractivity contribution >= 4 is 11.7 Å². The number of primary amides is 1. The monoisotopic (exact) mass is 463 g/mol. The molecule has 1 heterocycles. The second kappa shape index (κ2) is 15.5. The lowest BCUT2D eigenvalue weighted by Crippen LogP contribution is -2.20. The van der Waals surface area contributed by atoms with E-state index < -0.39 is 5.91 Å². The number of rotatable bonds is 9. The van der Waals surface area contributed by atoms with Crippen molar-refractivity contribution in [3.8, 4) is 0 Å². The van der Waals surface area contributed by atoms with E-state index in [1.54, 1.807) is 38.3 Å². The van der Waals surface area contributed by atoms with E-state index >= 15 is 0 Å². The lowest BCUT2D eigenvalue weighted by Gasteiger charge is -2.12. The number of hydrogen-bond acceptors (Lipinski definition) is 7. The number of carbonyl (C=O) groups excluding carboxylic acids is 2. The van der Waals surface area contributed by atoms with Crippen molar-refractivity contribution in [2.24, 2.45) is 5.73 Å². The molecule has 1 aromatic heterocycles. The Bertz CT molecular complexity index is 896. The molecule has 9 nitrogen and oxygen atoms in total. The minimum absolute atomic E-state index is 0.0828. The number of methoxy groups -OCH3 is 4. The van der Waals surface area contributed by atoms with Gasteiger partial charge in [0.2, 0.25) is 11.7 Å². The predicted molar refractivity (Wildman–Crippen MR) is 127 cm³/mol. The highest BCUT2D eigenvalue weighted by atomic mass is 16.5. The number of aromatic nitrogens is 2. The molecule has 1 unspecified atom stereocenters. The number of allylic oxidation sites excluding steroid dienone is 3. The van der Waals surface area contributed by atoms with Crippen LogP contribution in [0, 0.1) is 6.92 Å². The van der Waals surface area contributed by atoms with Crippen molar-refractivity contribution < 1.29 is 28.5 Å². The molecule has 2 N–H and O–H groups in total. The molecular weight excluding hydrogens is 426 g/mol. The van der Waals surface area contributed by atoms with Gasteiger partial charge < -0.3 is 24.7 Å². The third-order valence-corrected chi connectivity index (χ3v) is 4.43. The third kappa shape index (κ3) is 8.97. The quantitative estimate of drug-likeness (QED) is 0.440. The maximum Gasteiger partial charge on any atom is 0.239 e. The summed E-state index contributed by atoms with van der Waals surface area (Å²) >= 11 is 0. The van der Waals surface area contributed by atoms with Crippen molar-refractivity contribution in [1.82, 2.24) is 9.78 Å². The molecule has 1 aliphatic carbocycles. The van der Waals surface area contributed by atoms with Gasteiger partial charge in [-0.2, -0.15) is 5.10 Å². The highest BCUT2D eigenvalue weighted by molar-refractivity contribution is 6.09. The van der Waals surface area contributed by atoms with E-state index in [2.05, 4.69) is 11.7 Å². The molecule has 1 aromatic rings. The Hall–Kier alpha value is -3.33. The first kappa shape index (κ1) is 29.7. The van der Waals surface area contributed by atoms with Crippen molar-refractivity contribution in [1.29, 1.82) is 0 Å². The van der Waals surface area contributed by atoms with Gasteiger partial charge in [-0.25, -0.2) is 0 Å². The number of ketones is 1. The number of ether oxygens (including phenoxy) is 4. The summed E-state index contributed by atoms with van der Waals surface area (Å²) in [6.45, 7) is 11.1. The number of Topliss-reactive ketones (excluding diaryl/α,β-unsaturated/α-hetero) is 1. The average molecular weight is 464 g/mol. The number of nitrogens with zero attached hydrogens (tertiary/aromatic N) is 2. The normalized spacial score (nSPS) is 13.6. The second-order valence-electron chi connectivity index (χ2n) is 6.54. The van der Waals surface area contributed by atoms with Crippen LogP contribution in [-0.2, 0) is 30.3 Å². The molecule has 0 saturated heterocycles. The molecule has 0 aromatic carbocycles. The zero-order valence-corrected chi connectivity index (χ0v) is 20.9. The van der Waals surface area contributed by atoms with Gasteiger partial charge in [-0.3, -0.25) is 14.3 Å². The number of amides is 1. The van der Waals surface area contributed by atoms with Gasteiger partial charge in [0, 0.05) is 24.8 Å². The molecule has 0 saturated carbocycles. The average Bonchev–Trinajstić information content (AvgIpc) is 3.07. The summed E-state index contributed by atoms with van der Waals surface area (Å²) < 4.78 is 22.1. The van der Waals surface area contributed by atoms with E-state index in [-0.39, 0.29) is 24.1 Å². The van der Waals surface area contributed by atoms with Crippen LogP contribution in [0.15, 0.2) is 53.7 Å². The van der Waals surface area contributed by atoms with Gasteiger partial charge in [0.05, 0.1) is 27.4 Å².